The van der Waals surface area contributed by atoms with Gasteiger partial charge in [0.05, 0.1) is 23.6 Å². The average molecular weight is 376 g/mol. The lowest BCUT2D eigenvalue weighted by molar-refractivity contribution is 0.138. The van der Waals surface area contributed by atoms with Gasteiger partial charge in [0.25, 0.3) is 0 Å². The van der Waals surface area contributed by atoms with Crippen molar-refractivity contribution in [3.05, 3.63) is 65.2 Å². The maximum absolute atomic E-state index is 8.85. The van der Waals surface area contributed by atoms with Crippen LogP contribution in [0.5, 0.6) is 0 Å². The zero-order valence-corrected chi connectivity index (χ0v) is 15.7. The molecule has 7 heteroatoms. The lowest BCUT2D eigenvalue weighted by atomic mass is 9.99. The van der Waals surface area contributed by atoms with Gasteiger partial charge in [0.15, 0.2) is 5.13 Å². The number of hydrogen-bond donors (Lipinski definition) is 1. The van der Waals surface area contributed by atoms with Gasteiger partial charge in [0.2, 0.25) is 0 Å². The van der Waals surface area contributed by atoms with Crippen molar-refractivity contribution in [3.63, 3.8) is 0 Å². The topological polar surface area (TPSA) is 77.7 Å². The molecule has 0 amide bonds. The van der Waals surface area contributed by atoms with Crippen LogP contribution in [0.15, 0.2) is 48.2 Å². The van der Waals surface area contributed by atoms with E-state index in [0.717, 1.165) is 36.0 Å². The number of anilines is 2. The molecule has 1 atom stereocenters. The number of nitriles is 1. The Morgan fingerprint density at radius 3 is 2.89 bits per heavy atom. The van der Waals surface area contributed by atoms with Gasteiger partial charge in [-0.1, -0.05) is 6.42 Å². The molecule has 1 fully saturated rings. The molecule has 0 spiro atoms. The second-order valence-corrected chi connectivity index (χ2v) is 7.44. The molecular weight excluding hydrogens is 356 g/mol. The molecule has 1 saturated heterocycles. The number of nitrogens with one attached hydrogen (secondary N) is 1. The summed E-state index contributed by atoms with van der Waals surface area (Å²) >= 11 is 1.60. The summed E-state index contributed by atoms with van der Waals surface area (Å²) in [6, 6.07) is 10.1. The number of pyridine rings is 2. The maximum atomic E-state index is 8.85. The minimum Gasteiger partial charge on any atom is -0.330 e. The Labute approximate surface area is 162 Å². The zero-order chi connectivity index (χ0) is 18.5. The summed E-state index contributed by atoms with van der Waals surface area (Å²) < 4.78 is 0. The number of likely N-dealkylation sites (tertiary alicyclic amines) is 1. The quantitative estimate of drug-likeness (QED) is 0.716. The van der Waals surface area contributed by atoms with Gasteiger partial charge >= 0.3 is 0 Å². The van der Waals surface area contributed by atoms with Gasteiger partial charge in [0.1, 0.15) is 11.8 Å². The van der Waals surface area contributed by atoms with Crippen molar-refractivity contribution in [3.8, 4) is 6.07 Å². The molecular formula is C20H20N6S. The average Bonchev–Trinajstić information content (AvgIpc) is 3.18. The van der Waals surface area contributed by atoms with Crippen LogP contribution in [0.1, 0.15) is 42.3 Å². The first-order valence-electron chi connectivity index (χ1n) is 9.03. The Hall–Kier alpha value is -2.82. The van der Waals surface area contributed by atoms with E-state index in [0.29, 0.717) is 11.7 Å². The summed E-state index contributed by atoms with van der Waals surface area (Å²) in [6.07, 6.45) is 8.96. The highest BCUT2D eigenvalue weighted by Crippen LogP contribution is 2.34. The van der Waals surface area contributed by atoms with E-state index in [4.69, 9.17) is 10.2 Å². The van der Waals surface area contributed by atoms with E-state index in [1.165, 1.54) is 18.4 Å². The Kier molecular flexibility index (Phi) is 5.37. The van der Waals surface area contributed by atoms with Crippen LogP contribution in [0.3, 0.4) is 0 Å². The molecule has 27 heavy (non-hydrogen) atoms. The van der Waals surface area contributed by atoms with E-state index in [2.05, 4.69) is 37.7 Å². The van der Waals surface area contributed by atoms with Gasteiger partial charge in [-0.2, -0.15) is 5.26 Å². The van der Waals surface area contributed by atoms with Crippen LogP contribution in [0.2, 0.25) is 0 Å². The van der Waals surface area contributed by atoms with Crippen LogP contribution >= 0.6 is 11.3 Å². The van der Waals surface area contributed by atoms with Gasteiger partial charge in [-0.25, -0.2) is 9.97 Å². The van der Waals surface area contributed by atoms with Crippen LogP contribution in [-0.2, 0) is 6.54 Å². The highest BCUT2D eigenvalue weighted by molar-refractivity contribution is 7.13. The first-order chi connectivity index (χ1) is 13.3. The van der Waals surface area contributed by atoms with Crippen molar-refractivity contribution in [2.24, 2.45) is 0 Å². The normalized spacial score (nSPS) is 17.4. The molecule has 0 aliphatic carbocycles. The molecule has 3 aromatic heterocycles. The fraction of sp³-hybridized carbons (Fsp3) is 0.300. The molecule has 3 aromatic rings. The second-order valence-electron chi connectivity index (χ2n) is 6.58. The van der Waals surface area contributed by atoms with Crippen LogP contribution in [0.25, 0.3) is 0 Å². The fourth-order valence-electron chi connectivity index (χ4n) is 3.39. The first-order valence-corrected chi connectivity index (χ1v) is 9.91. The summed E-state index contributed by atoms with van der Waals surface area (Å²) in [7, 11) is 0. The van der Waals surface area contributed by atoms with Gasteiger partial charge in [-0.3, -0.25) is 9.88 Å². The molecule has 1 N–H and O–H groups in total. The Morgan fingerprint density at radius 1 is 1.22 bits per heavy atom. The van der Waals surface area contributed by atoms with Crippen molar-refractivity contribution in [1.29, 1.82) is 5.26 Å². The SMILES string of the molecule is N#Cc1ccc(Nc2nc(C3CCCCN3Cc3ccncc3)cs2)cn1. The van der Waals surface area contributed by atoms with Crippen LogP contribution in [0, 0.1) is 11.3 Å². The molecule has 0 radical (unpaired) electrons. The molecule has 136 valence electrons. The summed E-state index contributed by atoms with van der Waals surface area (Å²) in [5.74, 6) is 0. The van der Waals surface area contributed by atoms with E-state index in [-0.39, 0.29) is 0 Å². The highest BCUT2D eigenvalue weighted by atomic mass is 32.1. The second kappa shape index (κ2) is 8.25. The molecule has 1 aliphatic heterocycles. The van der Waals surface area contributed by atoms with Gasteiger partial charge in [-0.05, 0) is 49.2 Å². The fourth-order valence-corrected chi connectivity index (χ4v) is 4.17. The van der Waals surface area contributed by atoms with Crippen LogP contribution < -0.4 is 5.32 Å². The number of thiazole rings is 1. The standard InChI is InChI=1S/C20H20N6S/c21-11-16-4-5-17(12-23-16)24-20-25-18(14-27-20)19-3-1-2-10-26(19)13-15-6-8-22-9-7-15/h4-9,12,14,19H,1-3,10,13H2,(H,24,25). The summed E-state index contributed by atoms with van der Waals surface area (Å²) in [4.78, 5) is 15.5. The summed E-state index contributed by atoms with van der Waals surface area (Å²) in [5, 5.41) is 15.1. The third-order valence-corrected chi connectivity index (χ3v) is 5.52. The molecule has 4 heterocycles. The number of nitrogens with zero attached hydrogens (tertiary/aromatic N) is 5. The van der Waals surface area contributed by atoms with E-state index in [1.54, 1.807) is 23.6 Å². The lowest BCUT2D eigenvalue weighted by Gasteiger charge is -2.34. The predicted octanol–water partition coefficient (Wildman–Crippen LogP) is 4.28. The summed E-state index contributed by atoms with van der Waals surface area (Å²) in [6.45, 7) is 2.01. The number of piperidine rings is 1. The highest BCUT2D eigenvalue weighted by Gasteiger charge is 2.26. The monoisotopic (exact) mass is 376 g/mol. The Balaban J connectivity index is 1.47. The molecule has 6 nitrogen and oxygen atoms in total. The van der Waals surface area contributed by atoms with Gasteiger partial charge in [0, 0.05) is 24.3 Å². The van der Waals surface area contributed by atoms with Crippen molar-refractivity contribution in [2.75, 3.05) is 11.9 Å². The van der Waals surface area contributed by atoms with E-state index in [1.807, 2.05) is 24.5 Å². The van der Waals surface area contributed by atoms with Crippen LogP contribution in [-0.4, -0.2) is 26.4 Å². The summed E-state index contributed by atoms with van der Waals surface area (Å²) in [5.41, 5.74) is 3.66. The Morgan fingerprint density at radius 2 is 2.11 bits per heavy atom. The predicted molar refractivity (Wildman–Crippen MR) is 106 cm³/mol. The number of rotatable bonds is 5. The van der Waals surface area contributed by atoms with Crippen molar-refractivity contribution in [1.82, 2.24) is 19.9 Å². The largest absolute Gasteiger partial charge is 0.330 e. The minimum absolute atomic E-state index is 0.345. The number of aromatic nitrogens is 3. The van der Waals surface area contributed by atoms with Gasteiger partial charge in [-0.15, -0.1) is 11.3 Å². The van der Waals surface area contributed by atoms with Crippen molar-refractivity contribution >= 4 is 22.2 Å². The minimum atomic E-state index is 0.345. The molecule has 0 saturated carbocycles. The smallest absolute Gasteiger partial charge is 0.187 e. The maximum Gasteiger partial charge on any atom is 0.187 e. The van der Waals surface area contributed by atoms with E-state index >= 15 is 0 Å². The number of hydrogen-bond acceptors (Lipinski definition) is 7. The van der Waals surface area contributed by atoms with Gasteiger partial charge < -0.3 is 5.32 Å². The van der Waals surface area contributed by atoms with Crippen LogP contribution in [0.4, 0.5) is 10.8 Å². The lowest BCUT2D eigenvalue weighted by Crippen LogP contribution is -2.33. The molecule has 1 unspecified atom stereocenters. The van der Waals surface area contributed by atoms with E-state index < -0.39 is 0 Å². The third kappa shape index (κ3) is 4.30. The molecule has 0 aromatic carbocycles. The third-order valence-electron chi connectivity index (χ3n) is 4.74. The van der Waals surface area contributed by atoms with E-state index in [9.17, 15) is 0 Å². The molecule has 0 bridgehead atoms. The van der Waals surface area contributed by atoms with Crippen molar-refractivity contribution in [2.45, 2.75) is 31.8 Å². The Bertz CT molecular complexity index is 916. The zero-order valence-electron chi connectivity index (χ0n) is 14.9. The first kappa shape index (κ1) is 17.6. The molecule has 1 aliphatic rings. The molecule has 4 rings (SSSR count). The van der Waals surface area contributed by atoms with Crippen molar-refractivity contribution < 1.29 is 0 Å².